The van der Waals surface area contributed by atoms with Gasteiger partial charge in [-0.05, 0) is 41.1 Å². The number of fused-ring (bicyclic) bond motifs is 1. The second-order valence-corrected chi connectivity index (χ2v) is 5.30. The van der Waals surface area contributed by atoms with Gasteiger partial charge in [0.2, 0.25) is 0 Å². The highest BCUT2D eigenvalue weighted by Gasteiger charge is 2.18. The first-order valence-corrected chi connectivity index (χ1v) is 6.86. The van der Waals surface area contributed by atoms with Gasteiger partial charge >= 0.3 is 0 Å². The summed E-state index contributed by atoms with van der Waals surface area (Å²) in [6, 6.07) is 7.25. The van der Waals surface area contributed by atoms with Crippen LogP contribution in [0.1, 0.15) is 5.69 Å². The number of pyridine rings is 1. The molecule has 0 aliphatic carbocycles. The highest BCUT2D eigenvalue weighted by atomic mass is 79.9. The third kappa shape index (κ3) is 2.09. The topological polar surface area (TPSA) is 61.0 Å². The summed E-state index contributed by atoms with van der Waals surface area (Å²) in [6.45, 7) is 1.83. The van der Waals surface area contributed by atoms with Crippen LogP contribution in [-0.2, 0) is 0 Å². The number of nitrogens with zero attached hydrogens (tertiary/aromatic N) is 3. The average molecular weight is 350 g/mol. The Morgan fingerprint density at radius 2 is 2.14 bits per heavy atom. The highest BCUT2D eigenvalue weighted by molar-refractivity contribution is 9.10. The van der Waals surface area contributed by atoms with E-state index >= 15 is 0 Å². The summed E-state index contributed by atoms with van der Waals surface area (Å²) in [5, 5.41) is 11.6. The Morgan fingerprint density at radius 3 is 2.81 bits per heavy atom. The predicted octanol–water partition coefficient (Wildman–Crippen LogP) is 4.14. The molecule has 2 heterocycles. The fourth-order valence-electron chi connectivity index (χ4n) is 2.28. The molecule has 3 aromatic rings. The summed E-state index contributed by atoms with van der Waals surface area (Å²) in [5.41, 5.74) is 1.32. The summed E-state index contributed by atoms with van der Waals surface area (Å²) in [6.07, 6.45) is 1.62. The van der Waals surface area contributed by atoms with E-state index in [-0.39, 0.29) is 11.4 Å². The number of non-ortho nitro benzene ring substituents is 1. The van der Waals surface area contributed by atoms with Gasteiger partial charge in [-0.1, -0.05) is 0 Å². The molecule has 0 saturated carbocycles. The van der Waals surface area contributed by atoms with Crippen LogP contribution < -0.4 is 0 Å². The number of nitro benzene ring substituents is 1. The van der Waals surface area contributed by atoms with Crippen LogP contribution in [0.3, 0.4) is 0 Å². The van der Waals surface area contributed by atoms with Crippen LogP contribution in [0.4, 0.5) is 10.1 Å². The van der Waals surface area contributed by atoms with Crippen molar-refractivity contribution in [2.24, 2.45) is 0 Å². The van der Waals surface area contributed by atoms with Crippen molar-refractivity contribution in [2.75, 3.05) is 0 Å². The largest absolute Gasteiger partial charge is 0.294 e. The molecule has 1 aromatic carbocycles. The number of hydrogen-bond donors (Lipinski definition) is 0. The third-order valence-corrected chi connectivity index (χ3v) is 4.27. The monoisotopic (exact) mass is 349 g/mol. The molecular formula is C14H9BrFN3O2. The lowest BCUT2D eigenvalue weighted by atomic mass is 10.2. The highest BCUT2D eigenvalue weighted by Crippen LogP contribution is 2.33. The van der Waals surface area contributed by atoms with E-state index in [4.69, 9.17) is 0 Å². The number of hydrogen-bond acceptors (Lipinski definition) is 3. The van der Waals surface area contributed by atoms with Crippen LogP contribution in [0.15, 0.2) is 41.0 Å². The second kappa shape index (κ2) is 4.92. The first-order chi connectivity index (χ1) is 10.0. The molecule has 3 rings (SSSR count). The lowest BCUT2D eigenvalue weighted by Gasteiger charge is -2.08. The van der Waals surface area contributed by atoms with E-state index in [9.17, 15) is 14.5 Å². The molecule has 0 aliphatic heterocycles. The SMILES string of the molecule is Cc1c(Br)c2cccnc2n1-c1ccc([N+](=O)[O-])cc1F. The summed E-state index contributed by atoms with van der Waals surface area (Å²) in [4.78, 5) is 14.3. The van der Waals surface area contributed by atoms with Gasteiger partial charge in [-0.3, -0.25) is 14.7 Å². The molecule has 0 unspecified atom stereocenters. The molecule has 0 fully saturated rings. The van der Waals surface area contributed by atoms with Gasteiger partial charge in [-0.15, -0.1) is 0 Å². The minimum Gasteiger partial charge on any atom is -0.294 e. The zero-order valence-electron chi connectivity index (χ0n) is 10.9. The van der Waals surface area contributed by atoms with Crippen molar-refractivity contribution < 1.29 is 9.31 Å². The third-order valence-electron chi connectivity index (χ3n) is 3.27. The Hall–Kier alpha value is -2.28. The van der Waals surface area contributed by atoms with Gasteiger partial charge < -0.3 is 0 Å². The smallest absolute Gasteiger partial charge is 0.272 e. The summed E-state index contributed by atoms with van der Waals surface area (Å²) < 4.78 is 16.7. The van der Waals surface area contributed by atoms with E-state index in [1.807, 2.05) is 13.0 Å². The first-order valence-electron chi connectivity index (χ1n) is 6.06. The van der Waals surface area contributed by atoms with Crippen molar-refractivity contribution in [1.82, 2.24) is 9.55 Å². The van der Waals surface area contributed by atoms with E-state index < -0.39 is 10.7 Å². The number of nitro groups is 1. The molecule has 0 radical (unpaired) electrons. The Bertz CT molecular complexity index is 876. The molecule has 0 saturated heterocycles. The number of halogens is 2. The molecule has 0 N–H and O–H groups in total. The van der Waals surface area contributed by atoms with E-state index in [0.29, 0.717) is 5.65 Å². The number of benzene rings is 1. The van der Waals surface area contributed by atoms with Crippen LogP contribution in [0, 0.1) is 22.9 Å². The maximum absolute atomic E-state index is 14.2. The normalized spacial score (nSPS) is 11.0. The van der Waals surface area contributed by atoms with E-state index in [2.05, 4.69) is 20.9 Å². The van der Waals surface area contributed by atoms with E-state index in [1.54, 1.807) is 16.8 Å². The van der Waals surface area contributed by atoms with Crippen LogP contribution in [0.5, 0.6) is 0 Å². The summed E-state index contributed by atoms with van der Waals surface area (Å²) in [7, 11) is 0. The summed E-state index contributed by atoms with van der Waals surface area (Å²) in [5.74, 6) is -0.664. The molecular weight excluding hydrogens is 341 g/mol. The van der Waals surface area contributed by atoms with Crippen molar-refractivity contribution in [2.45, 2.75) is 6.92 Å². The Balaban J connectivity index is 2.31. The van der Waals surface area contributed by atoms with Gasteiger partial charge in [-0.2, -0.15) is 0 Å². The Morgan fingerprint density at radius 1 is 1.38 bits per heavy atom. The zero-order chi connectivity index (χ0) is 15.1. The molecule has 7 heteroatoms. The lowest BCUT2D eigenvalue weighted by Crippen LogP contribution is -2.01. The van der Waals surface area contributed by atoms with E-state index in [1.165, 1.54) is 12.1 Å². The minimum atomic E-state index is -0.664. The van der Waals surface area contributed by atoms with Gasteiger partial charge in [-0.25, -0.2) is 9.37 Å². The second-order valence-electron chi connectivity index (χ2n) is 4.50. The molecule has 0 bridgehead atoms. The van der Waals surface area contributed by atoms with E-state index in [0.717, 1.165) is 21.6 Å². The molecule has 106 valence electrons. The number of rotatable bonds is 2. The van der Waals surface area contributed by atoms with Crippen molar-refractivity contribution >= 4 is 32.7 Å². The van der Waals surface area contributed by atoms with Gasteiger partial charge in [0, 0.05) is 27.8 Å². The quantitative estimate of drug-likeness (QED) is 0.515. The first kappa shape index (κ1) is 13.7. The van der Waals surface area contributed by atoms with Crippen LogP contribution >= 0.6 is 15.9 Å². The number of aromatic nitrogens is 2. The van der Waals surface area contributed by atoms with Crippen LogP contribution in [-0.4, -0.2) is 14.5 Å². The minimum absolute atomic E-state index is 0.229. The van der Waals surface area contributed by atoms with Gasteiger partial charge in [0.15, 0.2) is 5.82 Å². The van der Waals surface area contributed by atoms with Crippen molar-refractivity contribution in [3.8, 4) is 5.69 Å². The fourth-order valence-corrected chi connectivity index (χ4v) is 2.77. The maximum Gasteiger partial charge on any atom is 0.272 e. The lowest BCUT2D eigenvalue weighted by molar-refractivity contribution is -0.385. The summed E-state index contributed by atoms with van der Waals surface area (Å²) >= 11 is 3.47. The molecule has 0 amide bonds. The van der Waals surface area contributed by atoms with Gasteiger partial charge in [0.05, 0.1) is 16.7 Å². The van der Waals surface area contributed by atoms with Gasteiger partial charge in [0.1, 0.15) is 5.65 Å². The standard InChI is InChI=1S/C14H9BrFN3O2/c1-8-13(15)10-3-2-6-17-14(10)18(8)12-5-4-9(19(20)21)7-11(12)16/h2-7H,1H3. The molecule has 0 aliphatic rings. The Kier molecular flexibility index (Phi) is 3.21. The molecule has 5 nitrogen and oxygen atoms in total. The van der Waals surface area contributed by atoms with Crippen molar-refractivity contribution in [3.63, 3.8) is 0 Å². The average Bonchev–Trinajstić information content (AvgIpc) is 2.72. The van der Waals surface area contributed by atoms with Crippen molar-refractivity contribution in [3.05, 3.63) is 62.6 Å². The predicted molar refractivity (Wildman–Crippen MR) is 80.1 cm³/mol. The molecule has 2 aromatic heterocycles. The maximum atomic E-state index is 14.2. The Labute approximate surface area is 127 Å². The van der Waals surface area contributed by atoms with Crippen LogP contribution in [0.25, 0.3) is 16.7 Å². The molecule has 21 heavy (non-hydrogen) atoms. The zero-order valence-corrected chi connectivity index (χ0v) is 12.5. The molecule has 0 spiro atoms. The van der Waals surface area contributed by atoms with Crippen molar-refractivity contribution in [1.29, 1.82) is 0 Å². The van der Waals surface area contributed by atoms with Crippen LogP contribution in [0.2, 0.25) is 0 Å². The molecule has 0 atom stereocenters. The van der Waals surface area contributed by atoms with Gasteiger partial charge in [0.25, 0.3) is 5.69 Å². The fraction of sp³-hybridized carbons (Fsp3) is 0.0714.